The molecular weight excluding hydrogens is 305 g/mol. The van der Waals surface area contributed by atoms with E-state index in [0.29, 0.717) is 0 Å². The smallest absolute Gasteiger partial charge is 0.170 e. The molecule has 0 fully saturated rings. The largest absolute Gasteiger partial charge is 0.477 e. The van der Waals surface area contributed by atoms with E-state index in [1.54, 1.807) is 0 Å². The summed E-state index contributed by atoms with van der Waals surface area (Å²) in [7, 11) is 0. The molecule has 0 aliphatic rings. The zero-order valence-corrected chi connectivity index (χ0v) is 9.08. The molecule has 12 heteroatoms. The third kappa shape index (κ3) is 2.30. The van der Waals surface area contributed by atoms with Gasteiger partial charge in [-0.05, 0) is 10.4 Å². The van der Waals surface area contributed by atoms with E-state index in [9.17, 15) is 22.0 Å². The van der Waals surface area contributed by atoms with Crippen molar-refractivity contribution in [2.24, 2.45) is 0 Å². The van der Waals surface area contributed by atoms with Gasteiger partial charge in [0, 0.05) is 0 Å². The lowest BCUT2D eigenvalue weighted by Crippen LogP contribution is -2.42. The van der Waals surface area contributed by atoms with E-state index >= 15 is 0 Å². The summed E-state index contributed by atoms with van der Waals surface area (Å²) >= 11 is 15.4. The van der Waals surface area contributed by atoms with Crippen LogP contribution >= 0.6 is 34.8 Å². The molecule has 4 nitrogen and oxygen atoms in total. The van der Waals surface area contributed by atoms with Crippen LogP contribution in [-0.2, 0) is 9.84 Å². The van der Waals surface area contributed by atoms with E-state index in [1.165, 1.54) is 0 Å². The van der Waals surface area contributed by atoms with Gasteiger partial charge in [-0.2, -0.15) is 26.6 Å². The summed E-state index contributed by atoms with van der Waals surface area (Å²) < 4.78 is 58.0. The van der Waals surface area contributed by atoms with Crippen molar-refractivity contribution in [3.63, 3.8) is 0 Å². The topological polar surface area (TPSA) is 43.6 Å². The highest BCUT2D eigenvalue weighted by Crippen LogP contribution is 2.44. The Morgan fingerprint density at radius 2 is 1.50 bits per heavy atom. The number of tetrazole rings is 1. The van der Waals surface area contributed by atoms with Crippen molar-refractivity contribution < 1.29 is 22.0 Å². The summed E-state index contributed by atoms with van der Waals surface area (Å²) in [4.78, 5) is 0. The molecule has 0 unspecified atom stereocenters. The van der Waals surface area contributed by atoms with Crippen LogP contribution in [0.2, 0.25) is 0 Å². The lowest BCUT2D eigenvalue weighted by Gasteiger charge is -2.21. The van der Waals surface area contributed by atoms with Crippen LogP contribution < -0.4 is 0 Å². The maximum absolute atomic E-state index is 12.8. The predicted molar refractivity (Wildman–Crippen MR) is 43.3 cm³/mol. The van der Waals surface area contributed by atoms with Crippen LogP contribution in [0.25, 0.3) is 0 Å². The molecule has 0 radical (unpaired) electrons. The number of rotatable bonds is 1. The number of hydrogen-bond donors (Lipinski definition) is 0. The third-order valence-corrected chi connectivity index (χ3v) is 1.84. The van der Waals surface area contributed by atoms with Crippen LogP contribution in [0.4, 0.5) is 22.0 Å². The molecule has 0 spiro atoms. The molecule has 0 aliphatic carbocycles. The molecule has 92 valence electrons. The lowest BCUT2D eigenvalue weighted by atomic mass is 10.5. The summed E-state index contributed by atoms with van der Waals surface area (Å²) in [6, 6.07) is -5.37. The van der Waals surface area contributed by atoms with Gasteiger partial charge in [0.1, 0.15) is 0 Å². The number of halogens is 8. The number of aromatic nitrogens is 4. The van der Waals surface area contributed by atoms with Gasteiger partial charge in [-0.1, -0.05) is 34.8 Å². The Kier molecular flexibility index (Phi) is 3.25. The standard InChI is InChI=1S/C4Cl3F5N4/c5-2(6,7)1-13-14-15-16(1)4(11,12)3(8,9)10. The number of hydrogen-bond acceptors (Lipinski definition) is 3. The molecule has 0 atom stereocenters. The van der Waals surface area contributed by atoms with Gasteiger partial charge in [0.2, 0.25) is 5.82 Å². The molecule has 1 aromatic rings. The summed E-state index contributed by atoms with van der Waals surface area (Å²) in [5, 5.41) is 7.84. The zero-order valence-electron chi connectivity index (χ0n) is 6.81. The molecule has 0 saturated heterocycles. The molecular formula is C4Cl3F5N4. The monoisotopic (exact) mass is 304 g/mol. The Balaban J connectivity index is 3.31. The van der Waals surface area contributed by atoms with E-state index in [4.69, 9.17) is 34.8 Å². The van der Waals surface area contributed by atoms with Crippen molar-refractivity contribution >= 4 is 34.8 Å². The minimum absolute atomic E-state index is 0.889. The Morgan fingerprint density at radius 3 is 1.88 bits per heavy atom. The molecule has 1 aromatic heterocycles. The van der Waals surface area contributed by atoms with E-state index < -0.39 is 26.5 Å². The molecule has 0 aliphatic heterocycles. The SMILES string of the molecule is FC(F)(F)C(F)(F)n1nnnc1C(Cl)(Cl)Cl. The highest BCUT2D eigenvalue weighted by molar-refractivity contribution is 6.66. The van der Waals surface area contributed by atoms with Crippen LogP contribution in [0.5, 0.6) is 0 Å². The quantitative estimate of drug-likeness (QED) is 0.592. The molecule has 1 rings (SSSR count). The van der Waals surface area contributed by atoms with Crippen LogP contribution in [0.15, 0.2) is 0 Å². The molecule has 0 amide bonds. The lowest BCUT2D eigenvalue weighted by molar-refractivity contribution is -0.329. The van der Waals surface area contributed by atoms with E-state index in [0.717, 1.165) is 0 Å². The first-order valence-electron chi connectivity index (χ1n) is 3.28. The molecule has 1 heterocycles. The van der Waals surface area contributed by atoms with E-state index in [1.807, 2.05) is 0 Å². The molecule has 0 N–H and O–H groups in total. The maximum atomic E-state index is 12.8. The number of nitrogens with zero attached hydrogens (tertiary/aromatic N) is 4. The van der Waals surface area contributed by atoms with Crippen molar-refractivity contribution in [3.05, 3.63) is 5.82 Å². The fourth-order valence-electron chi connectivity index (χ4n) is 0.673. The third-order valence-electron chi connectivity index (χ3n) is 1.33. The first kappa shape index (κ1) is 13.7. The summed E-state index contributed by atoms with van der Waals surface area (Å²) in [6.45, 7) is 0. The van der Waals surface area contributed by atoms with Gasteiger partial charge in [0.25, 0.3) is 3.79 Å². The summed E-state index contributed by atoms with van der Waals surface area (Å²) in [5.74, 6) is -1.24. The molecule has 0 aromatic carbocycles. The average molecular weight is 305 g/mol. The summed E-state index contributed by atoms with van der Waals surface area (Å²) in [5.41, 5.74) is 0. The minimum atomic E-state index is -5.91. The highest BCUT2D eigenvalue weighted by Gasteiger charge is 2.62. The van der Waals surface area contributed by atoms with Crippen molar-refractivity contribution in [2.45, 2.75) is 16.0 Å². The van der Waals surface area contributed by atoms with Crippen molar-refractivity contribution in [2.75, 3.05) is 0 Å². The Morgan fingerprint density at radius 1 is 1.00 bits per heavy atom. The maximum Gasteiger partial charge on any atom is 0.477 e. The second kappa shape index (κ2) is 3.81. The van der Waals surface area contributed by atoms with Crippen LogP contribution in [0.1, 0.15) is 5.82 Å². The van der Waals surface area contributed by atoms with Gasteiger partial charge >= 0.3 is 12.2 Å². The van der Waals surface area contributed by atoms with Crippen LogP contribution in [0, 0.1) is 0 Å². The fourth-order valence-corrected chi connectivity index (χ4v) is 1.03. The summed E-state index contributed by atoms with van der Waals surface area (Å²) in [6.07, 6.45) is -5.91. The Hall–Kier alpha value is -0.410. The van der Waals surface area contributed by atoms with Gasteiger partial charge in [-0.25, -0.2) is 0 Å². The molecule has 16 heavy (non-hydrogen) atoms. The second-order valence-corrected chi connectivity index (χ2v) is 4.73. The first-order valence-corrected chi connectivity index (χ1v) is 4.42. The van der Waals surface area contributed by atoms with Crippen molar-refractivity contribution in [3.8, 4) is 0 Å². The normalized spacial score (nSPS) is 14.2. The van der Waals surface area contributed by atoms with Crippen molar-refractivity contribution in [1.82, 2.24) is 20.2 Å². The zero-order chi connectivity index (χ0) is 12.8. The average Bonchev–Trinajstić information content (AvgIpc) is 2.47. The first-order chi connectivity index (χ1) is 6.98. The second-order valence-electron chi connectivity index (χ2n) is 2.45. The van der Waals surface area contributed by atoms with Gasteiger partial charge < -0.3 is 0 Å². The Bertz CT molecular complexity index is 382. The van der Waals surface area contributed by atoms with E-state index in [-0.39, 0.29) is 0 Å². The number of alkyl halides is 8. The minimum Gasteiger partial charge on any atom is -0.170 e. The molecule has 0 saturated carbocycles. The van der Waals surface area contributed by atoms with Gasteiger partial charge in [0.05, 0.1) is 0 Å². The van der Waals surface area contributed by atoms with E-state index in [2.05, 4.69) is 15.5 Å². The van der Waals surface area contributed by atoms with Crippen molar-refractivity contribution in [1.29, 1.82) is 0 Å². The predicted octanol–water partition coefficient (Wildman–Crippen LogP) is 2.61. The van der Waals surface area contributed by atoms with Crippen LogP contribution in [0.3, 0.4) is 0 Å². The Labute approximate surface area is 99.2 Å². The van der Waals surface area contributed by atoms with Gasteiger partial charge in [-0.3, -0.25) is 0 Å². The van der Waals surface area contributed by atoms with Gasteiger partial charge in [-0.15, -0.1) is 5.10 Å². The molecule has 0 bridgehead atoms. The van der Waals surface area contributed by atoms with Crippen LogP contribution in [-0.4, -0.2) is 26.4 Å². The fraction of sp³-hybridized carbons (Fsp3) is 0.750. The highest BCUT2D eigenvalue weighted by atomic mass is 35.6. The van der Waals surface area contributed by atoms with Gasteiger partial charge in [0.15, 0.2) is 0 Å².